The quantitative estimate of drug-likeness (QED) is 0.575. The van der Waals surface area contributed by atoms with Gasteiger partial charge in [-0.2, -0.15) is 0 Å². The number of amides is 1. The van der Waals surface area contributed by atoms with Crippen LogP contribution >= 0.6 is 0 Å². The lowest BCUT2D eigenvalue weighted by molar-refractivity contribution is 0.0943. The minimum atomic E-state index is -0.947. The van der Waals surface area contributed by atoms with Crippen molar-refractivity contribution in [2.24, 2.45) is 0 Å². The van der Waals surface area contributed by atoms with E-state index in [1.165, 1.54) is 0 Å². The molecule has 26 heavy (non-hydrogen) atoms. The smallest absolute Gasteiger partial charge is 0.270 e. The number of carbonyl (C=O) groups excluding carboxylic acids is 1. The Balaban J connectivity index is 1.59. The summed E-state index contributed by atoms with van der Waals surface area (Å²) in [7, 11) is 0. The van der Waals surface area contributed by atoms with Gasteiger partial charge in [0.1, 0.15) is 11.9 Å². The molecule has 2 aromatic carbocycles. The van der Waals surface area contributed by atoms with E-state index in [1.54, 1.807) is 18.2 Å². The number of aromatic nitrogens is 1. The van der Waals surface area contributed by atoms with Gasteiger partial charge in [-0.15, -0.1) is 0 Å². The summed E-state index contributed by atoms with van der Waals surface area (Å²) in [6, 6.07) is 24.5. The Kier molecular flexibility index (Phi) is 6.09. The number of hydrogen-bond acceptors (Lipinski definition) is 4. The third kappa shape index (κ3) is 4.99. The Labute approximate surface area is 152 Å². The summed E-state index contributed by atoms with van der Waals surface area (Å²) in [5.41, 5.74) is 2.76. The molecule has 0 fully saturated rings. The van der Waals surface area contributed by atoms with Crippen LogP contribution in [0.2, 0.25) is 0 Å². The fraction of sp³-hybridized carbons (Fsp3) is 0.143. The molecule has 0 saturated carbocycles. The number of nitrogens with zero attached hydrogens (tertiary/aromatic N) is 1. The lowest BCUT2D eigenvalue weighted by Gasteiger charge is -2.13. The maximum atomic E-state index is 12.3. The second kappa shape index (κ2) is 8.89. The number of benzene rings is 2. The van der Waals surface area contributed by atoms with Crippen LogP contribution in [0.4, 0.5) is 0 Å². The summed E-state index contributed by atoms with van der Waals surface area (Å²) < 4.78 is 0. The van der Waals surface area contributed by atoms with Crippen LogP contribution in [0.15, 0.2) is 78.9 Å². The van der Waals surface area contributed by atoms with E-state index >= 15 is 0 Å². The fourth-order valence-corrected chi connectivity index (χ4v) is 2.51. The molecule has 0 spiro atoms. The number of rotatable bonds is 7. The van der Waals surface area contributed by atoms with Crippen LogP contribution in [-0.2, 0) is 13.1 Å². The zero-order valence-electron chi connectivity index (χ0n) is 14.3. The number of aliphatic hydroxyl groups excluding tert-OH is 1. The molecule has 0 aliphatic rings. The predicted octanol–water partition coefficient (Wildman–Crippen LogP) is 2.79. The number of aliphatic hydroxyl groups is 1. The molecule has 3 rings (SSSR count). The number of nitrogens with one attached hydrogen (secondary N) is 2. The number of pyridine rings is 1. The molecule has 0 radical (unpaired) electrons. The Morgan fingerprint density at radius 3 is 2.12 bits per heavy atom. The highest BCUT2D eigenvalue weighted by atomic mass is 16.3. The van der Waals surface area contributed by atoms with Gasteiger partial charge in [0.15, 0.2) is 0 Å². The van der Waals surface area contributed by atoms with Crippen molar-refractivity contribution in [3.63, 3.8) is 0 Å². The molecule has 0 aliphatic carbocycles. The lowest BCUT2D eigenvalue weighted by atomic mass is 10.2. The zero-order chi connectivity index (χ0) is 18.2. The number of hydrogen-bond donors (Lipinski definition) is 3. The van der Waals surface area contributed by atoms with E-state index in [2.05, 4.69) is 15.6 Å². The van der Waals surface area contributed by atoms with Crippen molar-refractivity contribution >= 4 is 5.91 Å². The van der Waals surface area contributed by atoms with E-state index < -0.39 is 6.23 Å². The molecular formula is C21H21N3O2. The molecule has 1 aromatic heterocycles. The largest absolute Gasteiger partial charge is 0.373 e. The van der Waals surface area contributed by atoms with Crippen LogP contribution < -0.4 is 10.6 Å². The Hall–Kier alpha value is -3.02. The van der Waals surface area contributed by atoms with Gasteiger partial charge in [-0.3, -0.25) is 10.1 Å². The van der Waals surface area contributed by atoms with Gasteiger partial charge < -0.3 is 10.4 Å². The van der Waals surface area contributed by atoms with Crippen molar-refractivity contribution in [3.05, 3.63) is 101 Å². The minimum absolute atomic E-state index is 0.272. The second-order valence-corrected chi connectivity index (χ2v) is 5.89. The first-order valence-corrected chi connectivity index (χ1v) is 8.47. The normalized spacial score (nSPS) is 11.7. The molecule has 1 amide bonds. The average molecular weight is 347 g/mol. The van der Waals surface area contributed by atoms with E-state index in [-0.39, 0.29) is 11.6 Å². The second-order valence-electron chi connectivity index (χ2n) is 5.89. The molecule has 0 saturated heterocycles. The minimum Gasteiger partial charge on any atom is -0.373 e. The van der Waals surface area contributed by atoms with Crippen molar-refractivity contribution in [1.82, 2.24) is 15.6 Å². The highest BCUT2D eigenvalue weighted by Gasteiger charge is 2.12. The van der Waals surface area contributed by atoms with Crippen molar-refractivity contribution in [1.29, 1.82) is 0 Å². The highest BCUT2D eigenvalue weighted by Crippen LogP contribution is 2.10. The van der Waals surface area contributed by atoms with Gasteiger partial charge in [-0.25, -0.2) is 4.98 Å². The summed E-state index contributed by atoms with van der Waals surface area (Å²) in [6.45, 7) is 0.939. The van der Waals surface area contributed by atoms with Crippen LogP contribution in [0.25, 0.3) is 0 Å². The molecule has 3 aromatic rings. The molecule has 1 heterocycles. The molecule has 5 heteroatoms. The standard InChI is InChI=1S/C21H21N3O2/c25-20(22-14-16-8-3-1-4-9-16)18-12-7-13-19(24-18)21(26)23-15-17-10-5-2-6-11-17/h1-13,20,22,25H,14-15H2,(H,23,26). The van der Waals surface area contributed by atoms with Gasteiger partial charge in [-0.1, -0.05) is 66.7 Å². The van der Waals surface area contributed by atoms with Crippen LogP contribution in [0.5, 0.6) is 0 Å². The van der Waals surface area contributed by atoms with Crippen LogP contribution in [0.1, 0.15) is 33.5 Å². The van der Waals surface area contributed by atoms with Crippen molar-refractivity contribution in [3.8, 4) is 0 Å². The molecule has 3 N–H and O–H groups in total. The zero-order valence-corrected chi connectivity index (χ0v) is 14.3. The summed E-state index contributed by atoms with van der Waals surface area (Å²) in [6.07, 6.45) is -0.947. The SMILES string of the molecule is O=C(NCc1ccccc1)c1cccc(C(O)NCc2ccccc2)n1. The first-order valence-electron chi connectivity index (χ1n) is 8.47. The predicted molar refractivity (Wildman–Crippen MR) is 100 cm³/mol. The molecule has 5 nitrogen and oxygen atoms in total. The van der Waals surface area contributed by atoms with E-state index in [9.17, 15) is 9.90 Å². The van der Waals surface area contributed by atoms with E-state index in [0.29, 0.717) is 18.8 Å². The van der Waals surface area contributed by atoms with Gasteiger partial charge >= 0.3 is 0 Å². The summed E-state index contributed by atoms with van der Waals surface area (Å²) in [5, 5.41) is 16.1. The highest BCUT2D eigenvalue weighted by molar-refractivity contribution is 5.92. The van der Waals surface area contributed by atoms with Crippen LogP contribution in [-0.4, -0.2) is 16.0 Å². The lowest BCUT2D eigenvalue weighted by Crippen LogP contribution is -2.26. The summed E-state index contributed by atoms with van der Waals surface area (Å²) in [5.74, 6) is -0.272. The van der Waals surface area contributed by atoms with Crippen molar-refractivity contribution in [2.75, 3.05) is 0 Å². The maximum Gasteiger partial charge on any atom is 0.270 e. The van der Waals surface area contributed by atoms with Gasteiger partial charge in [-0.05, 0) is 23.3 Å². The molecule has 1 atom stereocenters. The monoisotopic (exact) mass is 347 g/mol. The third-order valence-electron chi connectivity index (χ3n) is 3.92. The molecule has 0 aliphatic heterocycles. The molecule has 1 unspecified atom stereocenters. The van der Waals surface area contributed by atoms with E-state index in [4.69, 9.17) is 0 Å². The Morgan fingerprint density at radius 1 is 0.846 bits per heavy atom. The fourth-order valence-electron chi connectivity index (χ4n) is 2.51. The van der Waals surface area contributed by atoms with Gasteiger partial charge in [0.2, 0.25) is 0 Å². The van der Waals surface area contributed by atoms with Gasteiger partial charge in [0, 0.05) is 13.1 Å². The number of carbonyl (C=O) groups is 1. The first kappa shape index (κ1) is 17.8. The first-order chi connectivity index (χ1) is 12.7. The third-order valence-corrected chi connectivity index (χ3v) is 3.92. The Morgan fingerprint density at radius 2 is 1.46 bits per heavy atom. The Bertz CT molecular complexity index is 838. The summed E-state index contributed by atoms with van der Waals surface area (Å²) in [4.78, 5) is 16.6. The average Bonchev–Trinajstić information content (AvgIpc) is 2.72. The molecule has 132 valence electrons. The maximum absolute atomic E-state index is 12.3. The van der Waals surface area contributed by atoms with Gasteiger partial charge in [0.25, 0.3) is 5.91 Å². The van der Waals surface area contributed by atoms with E-state index in [0.717, 1.165) is 11.1 Å². The molecule has 0 bridgehead atoms. The van der Waals surface area contributed by atoms with E-state index in [1.807, 2.05) is 60.7 Å². The van der Waals surface area contributed by atoms with Crippen LogP contribution in [0.3, 0.4) is 0 Å². The van der Waals surface area contributed by atoms with Crippen molar-refractivity contribution < 1.29 is 9.90 Å². The van der Waals surface area contributed by atoms with Crippen molar-refractivity contribution in [2.45, 2.75) is 19.3 Å². The van der Waals surface area contributed by atoms with Gasteiger partial charge in [0.05, 0.1) is 5.69 Å². The summed E-state index contributed by atoms with van der Waals surface area (Å²) >= 11 is 0. The van der Waals surface area contributed by atoms with Crippen LogP contribution in [0, 0.1) is 0 Å². The molecular weight excluding hydrogens is 326 g/mol. The topological polar surface area (TPSA) is 74.2 Å².